The number of rotatable bonds is 2. The molecule has 1 saturated heterocycles. The molecule has 1 aliphatic rings. The molecule has 0 spiro atoms. The van der Waals surface area contributed by atoms with E-state index in [1.54, 1.807) is 0 Å². The van der Waals surface area contributed by atoms with Crippen molar-refractivity contribution in [3.05, 3.63) is 23.8 Å². The highest BCUT2D eigenvalue weighted by Gasteiger charge is 2.16. The molecule has 0 unspecified atom stereocenters. The van der Waals surface area contributed by atoms with Gasteiger partial charge in [0.2, 0.25) is 0 Å². The van der Waals surface area contributed by atoms with Crippen LogP contribution in [0, 0.1) is 6.92 Å². The molecule has 2 rings (SSSR count). The average molecular weight is 279 g/mol. The second-order valence-corrected chi connectivity index (χ2v) is 4.29. The maximum Gasteiger partial charge on any atom is 0.0727 e. The predicted molar refractivity (Wildman–Crippen MR) is 73.8 cm³/mol. The minimum Gasteiger partial charge on any atom is -0.327 e. The van der Waals surface area contributed by atoms with Crippen LogP contribution in [0.4, 0.5) is 0 Å². The van der Waals surface area contributed by atoms with Gasteiger partial charge in [-0.05, 0) is 26.3 Å². The lowest BCUT2D eigenvalue weighted by Gasteiger charge is -2.30. The molecule has 0 amide bonds. The van der Waals surface area contributed by atoms with E-state index in [0.717, 1.165) is 37.4 Å². The van der Waals surface area contributed by atoms with E-state index in [2.05, 4.69) is 14.9 Å². The van der Waals surface area contributed by atoms with Crippen LogP contribution >= 0.6 is 24.8 Å². The fourth-order valence-electron chi connectivity index (χ4n) is 1.96. The van der Waals surface area contributed by atoms with Crippen LogP contribution < -0.4 is 5.73 Å². The number of aryl methyl sites for hydroxylation is 1. The summed E-state index contributed by atoms with van der Waals surface area (Å²) >= 11 is 0. The van der Waals surface area contributed by atoms with Gasteiger partial charge in [-0.2, -0.15) is 0 Å². The molecule has 0 aromatic carbocycles. The van der Waals surface area contributed by atoms with Gasteiger partial charge in [0.25, 0.3) is 0 Å². The summed E-state index contributed by atoms with van der Waals surface area (Å²) in [6.45, 7) is 4.94. The van der Waals surface area contributed by atoms with Crippen molar-refractivity contribution in [1.82, 2.24) is 14.9 Å². The minimum atomic E-state index is 0. The van der Waals surface area contributed by atoms with Gasteiger partial charge >= 0.3 is 0 Å². The number of halogens is 2. The molecule has 6 heteroatoms. The first-order valence-electron chi connectivity index (χ1n) is 5.49. The summed E-state index contributed by atoms with van der Waals surface area (Å²) in [6.07, 6.45) is 6.02. The molecule has 1 aliphatic heterocycles. The zero-order valence-corrected chi connectivity index (χ0v) is 11.6. The SMILES string of the molecule is Cc1cnc(CN2CCC[C@@H](N)C2)cn1.Cl.Cl. The Labute approximate surface area is 115 Å². The molecule has 98 valence electrons. The zero-order valence-electron chi connectivity index (χ0n) is 10.0. The third-order valence-corrected chi connectivity index (χ3v) is 2.76. The van der Waals surface area contributed by atoms with Crippen molar-refractivity contribution in [1.29, 1.82) is 0 Å². The third-order valence-electron chi connectivity index (χ3n) is 2.76. The lowest BCUT2D eigenvalue weighted by molar-refractivity contribution is 0.199. The molecule has 1 aromatic heterocycles. The summed E-state index contributed by atoms with van der Waals surface area (Å²) in [7, 11) is 0. The van der Waals surface area contributed by atoms with Crippen LogP contribution in [0.3, 0.4) is 0 Å². The van der Waals surface area contributed by atoms with Crippen molar-refractivity contribution in [3.8, 4) is 0 Å². The van der Waals surface area contributed by atoms with Crippen molar-refractivity contribution < 1.29 is 0 Å². The number of likely N-dealkylation sites (tertiary alicyclic amines) is 1. The maximum absolute atomic E-state index is 5.93. The number of hydrogen-bond donors (Lipinski definition) is 1. The van der Waals surface area contributed by atoms with Crippen LogP contribution in [0.15, 0.2) is 12.4 Å². The molecule has 2 heterocycles. The Kier molecular flexibility index (Phi) is 7.63. The maximum atomic E-state index is 5.93. The summed E-state index contributed by atoms with van der Waals surface area (Å²) in [4.78, 5) is 11.0. The number of hydrogen-bond acceptors (Lipinski definition) is 4. The number of nitrogens with zero attached hydrogens (tertiary/aromatic N) is 3. The Morgan fingerprint density at radius 2 is 2.12 bits per heavy atom. The van der Waals surface area contributed by atoms with Gasteiger partial charge in [0.05, 0.1) is 11.4 Å². The highest BCUT2D eigenvalue weighted by molar-refractivity contribution is 5.85. The molecule has 0 aliphatic carbocycles. The predicted octanol–water partition coefficient (Wildman–Crippen LogP) is 1.55. The van der Waals surface area contributed by atoms with Gasteiger partial charge in [0, 0.05) is 31.5 Å². The van der Waals surface area contributed by atoms with Crippen molar-refractivity contribution in [2.75, 3.05) is 13.1 Å². The summed E-state index contributed by atoms with van der Waals surface area (Å²) in [5.41, 5.74) is 7.93. The molecular formula is C11H20Cl2N4. The largest absolute Gasteiger partial charge is 0.327 e. The van der Waals surface area contributed by atoms with E-state index < -0.39 is 0 Å². The first-order valence-corrected chi connectivity index (χ1v) is 5.49. The zero-order chi connectivity index (χ0) is 10.7. The molecule has 0 saturated carbocycles. The number of piperidine rings is 1. The van der Waals surface area contributed by atoms with Gasteiger partial charge < -0.3 is 5.73 Å². The molecule has 0 bridgehead atoms. The second kappa shape index (κ2) is 7.82. The fourth-order valence-corrected chi connectivity index (χ4v) is 1.96. The third kappa shape index (κ3) is 5.17. The molecule has 2 N–H and O–H groups in total. The Morgan fingerprint density at radius 3 is 2.71 bits per heavy atom. The quantitative estimate of drug-likeness (QED) is 0.892. The highest BCUT2D eigenvalue weighted by Crippen LogP contribution is 2.10. The molecule has 0 radical (unpaired) electrons. The van der Waals surface area contributed by atoms with Crippen molar-refractivity contribution >= 4 is 24.8 Å². The Morgan fingerprint density at radius 1 is 1.35 bits per heavy atom. The van der Waals surface area contributed by atoms with Gasteiger partial charge in [-0.25, -0.2) is 0 Å². The minimum absolute atomic E-state index is 0. The van der Waals surface area contributed by atoms with E-state index in [1.807, 2.05) is 19.3 Å². The average Bonchev–Trinajstić information content (AvgIpc) is 2.22. The van der Waals surface area contributed by atoms with Gasteiger partial charge in [0.1, 0.15) is 0 Å². The van der Waals surface area contributed by atoms with Gasteiger partial charge in [-0.15, -0.1) is 24.8 Å². The number of aromatic nitrogens is 2. The number of nitrogens with two attached hydrogens (primary N) is 1. The van der Waals surface area contributed by atoms with Crippen LogP contribution in [-0.2, 0) is 6.54 Å². The summed E-state index contributed by atoms with van der Waals surface area (Å²) in [5, 5.41) is 0. The normalized spacial score (nSPS) is 20.2. The van der Waals surface area contributed by atoms with Crippen LogP contribution in [0.25, 0.3) is 0 Å². The van der Waals surface area contributed by atoms with E-state index >= 15 is 0 Å². The van der Waals surface area contributed by atoms with Crippen molar-refractivity contribution in [3.63, 3.8) is 0 Å². The van der Waals surface area contributed by atoms with E-state index in [-0.39, 0.29) is 24.8 Å². The molecule has 1 atom stereocenters. The Hall–Kier alpha value is -0.420. The Balaban J connectivity index is 0.00000128. The van der Waals surface area contributed by atoms with Crippen LogP contribution in [0.1, 0.15) is 24.2 Å². The first kappa shape index (κ1) is 16.6. The lowest BCUT2D eigenvalue weighted by Crippen LogP contribution is -2.42. The van der Waals surface area contributed by atoms with Crippen LogP contribution in [-0.4, -0.2) is 34.0 Å². The van der Waals surface area contributed by atoms with Gasteiger partial charge in [0.15, 0.2) is 0 Å². The van der Waals surface area contributed by atoms with Crippen molar-refractivity contribution in [2.24, 2.45) is 5.73 Å². The molecule has 1 aromatic rings. The van der Waals surface area contributed by atoms with Gasteiger partial charge in [-0.3, -0.25) is 14.9 Å². The van der Waals surface area contributed by atoms with E-state index in [9.17, 15) is 0 Å². The van der Waals surface area contributed by atoms with Crippen LogP contribution in [0.5, 0.6) is 0 Å². The lowest BCUT2D eigenvalue weighted by atomic mass is 10.1. The topological polar surface area (TPSA) is 55.0 Å². The standard InChI is InChI=1S/C11H18N4.2ClH/c1-9-5-14-11(6-13-9)8-15-4-2-3-10(12)7-15;;/h5-6,10H,2-4,7-8,12H2,1H3;2*1H/t10-;;/m1../s1. The second-order valence-electron chi connectivity index (χ2n) is 4.29. The van der Waals surface area contributed by atoms with Gasteiger partial charge in [-0.1, -0.05) is 0 Å². The van der Waals surface area contributed by atoms with Crippen molar-refractivity contribution in [2.45, 2.75) is 32.4 Å². The summed E-state index contributed by atoms with van der Waals surface area (Å²) < 4.78 is 0. The van der Waals surface area contributed by atoms with E-state index in [4.69, 9.17) is 5.73 Å². The first-order chi connectivity index (χ1) is 7.24. The van der Waals surface area contributed by atoms with Crippen LogP contribution in [0.2, 0.25) is 0 Å². The Bertz CT molecular complexity index is 318. The molecule has 4 nitrogen and oxygen atoms in total. The monoisotopic (exact) mass is 278 g/mol. The molecule has 1 fully saturated rings. The molecular weight excluding hydrogens is 259 g/mol. The van der Waals surface area contributed by atoms with E-state index in [1.165, 1.54) is 6.42 Å². The summed E-state index contributed by atoms with van der Waals surface area (Å²) in [5.74, 6) is 0. The van der Waals surface area contributed by atoms with E-state index in [0.29, 0.717) is 6.04 Å². The highest BCUT2D eigenvalue weighted by atomic mass is 35.5. The molecule has 17 heavy (non-hydrogen) atoms. The fraction of sp³-hybridized carbons (Fsp3) is 0.636. The smallest absolute Gasteiger partial charge is 0.0727 e. The summed E-state index contributed by atoms with van der Waals surface area (Å²) in [6, 6.07) is 0.331.